The van der Waals surface area contributed by atoms with Gasteiger partial charge in [-0.05, 0) is 44.2 Å². The molecule has 9 heteroatoms. The monoisotopic (exact) mass is 560 g/mol. The minimum absolute atomic E-state index is 0. The molecule has 1 aromatic carbocycles. The highest BCUT2D eigenvalue weighted by Gasteiger charge is 2.23. The Labute approximate surface area is 208 Å². The second kappa shape index (κ2) is 14.5. The van der Waals surface area contributed by atoms with E-state index < -0.39 is 0 Å². The molecule has 8 nitrogen and oxygen atoms in total. The van der Waals surface area contributed by atoms with E-state index in [1.807, 2.05) is 31.3 Å². The average molecular weight is 560 g/mol. The molecule has 2 aliphatic heterocycles. The molecule has 0 saturated carbocycles. The molecule has 3 rings (SSSR count). The number of likely N-dealkylation sites (tertiary alicyclic amines) is 1. The Kier molecular flexibility index (Phi) is 12.1. The van der Waals surface area contributed by atoms with Crippen LogP contribution in [-0.2, 0) is 14.3 Å². The van der Waals surface area contributed by atoms with Crippen molar-refractivity contribution in [3.05, 3.63) is 24.3 Å². The van der Waals surface area contributed by atoms with Crippen molar-refractivity contribution in [3.8, 4) is 5.75 Å². The number of aliphatic imine (C=N–C) groups is 1. The van der Waals surface area contributed by atoms with Gasteiger partial charge in [0.25, 0.3) is 0 Å². The van der Waals surface area contributed by atoms with Gasteiger partial charge in [0.1, 0.15) is 12.4 Å². The number of carbonyl (C=O) groups excluding carboxylic acids is 1. The topological polar surface area (TPSA) is 84.4 Å². The average Bonchev–Trinajstić information content (AvgIpc) is 2.79. The lowest BCUT2D eigenvalue weighted by molar-refractivity contribution is -0.114. The largest absolute Gasteiger partial charge is 0.492 e. The summed E-state index contributed by atoms with van der Waals surface area (Å²) in [6.45, 7) is 6.08. The number of guanidine groups is 1. The van der Waals surface area contributed by atoms with Gasteiger partial charge < -0.3 is 29.7 Å². The first kappa shape index (κ1) is 26.7. The van der Waals surface area contributed by atoms with Gasteiger partial charge in [0, 0.05) is 45.4 Å². The quantitative estimate of drug-likeness (QED) is 0.220. The van der Waals surface area contributed by atoms with Crippen LogP contribution in [0.5, 0.6) is 5.75 Å². The van der Waals surface area contributed by atoms with Crippen LogP contribution in [0.25, 0.3) is 0 Å². The lowest BCUT2D eigenvalue weighted by Crippen LogP contribution is -2.48. The van der Waals surface area contributed by atoms with E-state index in [-0.39, 0.29) is 36.0 Å². The van der Waals surface area contributed by atoms with Crippen molar-refractivity contribution in [2.24, 2.45) is 4.99 Å². The Bertz CT molecular complexity index is 720. The molecular formula is C23H37IN4O4. The lowest BCUT2D eigenvalue weighted by atomic mass is 10.1. The molecule has 2 aliphatic rings. The van der Waals surface area contributed by atoms with Crippen LogP contribution in [0.3, 0.4) is 0 Å². The third kappa shape index (κ3) is 9.11. The Morgan fingerprint density at radius 1 is 1.25 bits per heavy atom. The fraction of sp³-hybridized carbons (Fsp3) is 0.652. The lowest BCUT2D eigenvalue weighted by Gasteiger charge is -2.35. The van der Waals surface area contributed by atoms with Crippen LogP contribution >= 0.6 is 24.0 Å². The molecule has 1 amide bonds. The van der Waals surface area contributed by atoms with Crippen LogP contribution in [0.2, 0.25) is 0 Å². The fourth-order valence-corrected chi connectivity index (χ4v) is 3.95. The summed E-state index contributed by atoms with van der Waals surface area (Å²) >= 11 is 0. The summed E-state index contributed by atoms with van der Waals surface area (Å²) in [4.78, 5) is 17.9. The minimum Gasteiger partial charge on any atom is -0.492 e. The summed E-state index contributed by atoms with van der Waals surface area (Å²) in [5.74, 6) is 1.52. The molecule has 2 heterocycles. The van der Waals surface area contributed by atoms with E-state index in [2.05, 4.69) is 20.5 Å². The van der Waals surface area contributed by atoms with E-state index in [1.165, 1.54) is 19.8 Å². The molecule has 2 N–H and O–H groups in total. The summed E-state index contributed by atoms with van der Waals surface area (Å²) in [5, 5.41) is 6.13. The van der Waals surface area contributed by atoms with Gasteiger partial charge in [-0.15, -0.1) is 24.0 Å². The highest BCUT2D eigenvalue weighted by molar-refractivity contribution is 14.0. The molecule has 0 spiro atoms. The first-order valence-corrected chi connectivity index (χ1v) is 11.3. The number of ether oxygens (including phenoxy) is 3. The molecule has 2 saturated heterocycles. The normalized spacial score (nSPS) is 19.8. The van der Waals surface area contributed by atoms with Gasteiger partial charge in [-0.25, -0.2) is 0 Å². The predicted molar refractivity (Wildman–Crippen MR) is 137 cm³/mol. The molecule has 1 aromatic rings. The van der Waals surface area contributed by atoms with Crippen molar-refractivity contribution in [1.29, 1.82) is 0 Å². The van der Waals surface area contributed by atoms with Crippen molar-refractivity contribution in [3.63, 3.8) is 0 Å². The first-order chi connectivity index (χ1) is 15.1. The maximum Gasteiger partial charge on any atom is 0.221 e. The van der Waals surface area contributed by atoms with Crippen molar-refractivity contribution >= 4 is 41.5 Å². The zero-order valence-electron chi connectivity index (χ0n) is 19.2. The van der Waals surface area contributed by atoms with Crippen LogP contribution < -0.4 is 15.4 Å². The van der Waals surface area contributed by atoms with E-state index in [0.717, 1.165) is 63.0 Å². The number of hydrogen-bond donors (Lipinski definition) is 2. The van der Waals surface area contributed by atoms with Crippen LogP contribution in [-0.4, -0.2) is 75.5 Å². The number of halogens is 1. The first-order valence-electron chi connectivity index (χ1n) is 11.3. The van der Waals surface area contributed by atoms with Gasteiger partial charge in [-0.3, -0.25) is 9.79 Å². The third-order valence-corrected chi connectivity index (χ3v) is 5.55. The molecule has 0 aliphatic carbocycles. The maximum atomic E-state index is 11.2. The van der Waals surface area contributed by atoms with Gasteiger partial charge in [-0.1, -0.05) is 6.07 Å². The third-order valence-electron chi connectivity index (χ3n) is 5.55. The van der Waals surface area contributed by atoms with E-state index in [4.69, 9.17) is 14.2 Å². The summed E-state index contributed by atoms with van der Waals surface area (Å²) in [6, 6.07) is 7.39. The van der Waals surface area contributed by atoms with Crippen molar-refractivity contribution in [1.82, 2.24) is 10.2 Å². The number of hydrogen-bond acceptors (Lipinski definition) is 5. The Morgan fingerprint density at radius 2 is 2.06 bits per heavy atom. The summed E-state index contributed by atoms with van der Waals surface area (Å²) < 4.78 is 17.7. The van der Waals surface area contributed by atoms with Crippen molar-refractivity contribution in [2.45, 2.75) is 51.2 Å². The van der Waals surface area contributed by atoms with E-state index in [1.54, 1.807) is 0 Å². The van der Waals surface area contributed by atoms with Crippen molar-refractivity contribution < 1.29 is 19.0 Å². The van der Waals surface area contributed by atoms with E-state index in [0.29, 0.717) is 19.3 Å². The zero-order chi connectivity index (χ0) is 21.9. The fourth-order valence-electron chi connectivity index (χ4n) is 3.95. The minimum atomic E-state index is -0.0980. The zero-order valence-corrected chi connectivity index (χ0v) is 21.5. The molecule has 1 unspecified atom stereocenters. The van der Waals surface area contributed by atoms with Crippen LogP contribution in [0.4, 0.5) is 5.69 Å². The van der Waals surface area contributed by atoms with E-state index in [9.17, 15) is 4.79 Å². The number of carbonyl (C=O) groups is 1. The summed E-state index contributed by atoms with van der Waals surface area (Å²) in [5.41, 5.74) is 0.730. The predicted octanol–water partition coefficient (Wildman–Crippen LogP) is 3.27. The van der Waals surface area contributed by atoms with E-state index >= 15 is 0 Å². The number of benzene rings is 1. The molecular weight excluding hydrogens is 523 g/mol. The van der Waals surface area contributed by atoms with Crippen molar-refractivity contribution in [2.75, 3.05) is 51.8 Å². The SMILES string of the molecule is CN=C(NCCOc1cccc(NC(C)=O)c1)N1CCC(OCC2CCCCO2)CC1.I. The number of anilines is 1. The molecule has 180 valence electrons. The van der Waals surface area contributed by atoms with Gasteiger partial charge in [0.15, 0.2) is 5.96 Å². The maximum absolute atomic E-state index is 11.2. The number of piperidine rings is 1. The second-order valence-electron chi connectivity index (χ2n) is 8.04. The van der Waals surface area contributed by atoms with Crippen LogP contribution in [0.1, 0.15) is 39.0 Å². The molecule has 1 atom stereocenters. The Balaban J connectivity index is 0.00000363. The highest BCUT2D eigenvalue weighted by atomic mass is 127. The number of nitrogens with zero attached hydrogens (tertiary/aromatic N) is 2. The smallest absolute Gasteiger partial charge is 0.221 e. The second-order valence-corrected chi connectivity index (χ2v) is 8.04. The van der Waals surface area contributed by atoms with Gasteiger partial charge in [-0.2, -0.15) is 0 Å². The molecule has 0 bridgehead atoms. The van der Waals surface area contributed by atoms with Crippen LogP contribution in [0, 0.1) is 0 Å². The number of rotatable bonds is 8. The molecule has 0 radical (unpaired) electrons. The number of amides is 1. The standard InChI is InChI=1S/C23H36N4O4.HI/c1-18(28)26-19-6-5-8-21(16-19)30-15-11-25-23(24-2)27-12-9-20(10-13-27)31-17-22-7-3-4-14-29-22;/h5-6,8,16,20,22H,3-4,7,9-15,17H2,1-2H3,(H,24,25)(H,26,28);1H. The Morgan fingerprint density at radius 3 is 2.75 bits per heavy atom. The summed E-state index contributed by atoms with van der Waals surface area (Å²) in [7, 11) is 1.81. The van der Waals surface area contributed by atoms with Crippen LogP contribution in [0.15, 0.2) is 29.3 Å². The van der Waals surface area contributed by atoms with Gasteiger partial charge in [0.05, 0.1) is 25.4 Å². The summed E-state index contributed by atoms with van der Waals surface area (Å²) in [6.07, 6.45) is 6.13. The highest BCUT2D eigenvalue weighted by Crippen LogP contribution is 2.18. The molecule has 2 fully saturated rings. The molecule has 0 aromatic heterocycles. The van der Waals surface area contributed by atoms with Gasteiger partial charge >= 0.3 is 0 Å². The van der Waals surface area contributed by atoms with Gasteiger partial charge in [0.2, 0.25) is 5.91 Å². The molecule has 32 heavy (non-hydrogen) atoms. The number of nitrogens with one attached hydrogen (secondary N) is 2. The Hall–Kier alpha value is -1.59.